The van der Waals surface area contributed by atoms with Crippen molar-refractivity contribution in [3.05, 3.63) is 30.1 Å². The molecule has 3 rings (SSSR count). The molecule has 0 aromatic carbocycles. The molecule has 3 heterocycles. The Morgan fingerprint density at radius 2 is 2.00 bits per heavy atom. The topological polar surface area (TPSA) is 48.5 Å². The number of carbonyl (C=O) groups excluding carboxylic acids is 1. The van der Waals surface area contributed by atoms with Gasteiger partial charge in [0, 0.05) is 44.0 Å². The quantitative estimate of drug-likeness (QED) is 0.917. The van der Waals surface area contributed by atoms with E-state index in [4.69, 9.17) is 0 Å². The van der Waals surface area contributed by atoms with Crippen molar-refractivity contribution in [2.45, 2.75) is 31.7 Å². The lowest BCUT2D eigenvalue weighted by molar-refractivity contribution is 0.146. The average Bonchev–Trinajstić information content (AvgIpc) is 2.90. The highest BCUT2D eigenvalue weighted by atomic mass is 16.2. The van der Waals surface area contributed by atoms with Crippen molar-refractivity contribution in [1.82, 2.24) is 20.1 Å². The molecule has 0 spiro atoms. The van der Waals surface area contributed by atoms with Crippen LogP contribution < -0.4 is 5.32 Å². The van der Waals surface area contributed by atoms with Crippen LogP contribution in [-0.4, -0.2) is 59.6 Å². The summed E-state index contributed by atoms with van der Waals surface area (Å²) in [6.45, 7) is 7.03. The van der Waals surface area contributed by atoms with Gasteiger partial charge in [-0.15, -0.1) is 0 Å². The van der Waals surface area contributed by atoms with E-state index in [1.165, 1.54) is 31.5 Å². The number of hydrogen-bond acceptors (Lipinski definition) is 3. The highest BCUT2D eigenvalue weighted by Crippen LogP contribution is 2.26. The first kappa shape index (κ1) is 14.3. The third-order valence-electron chi connectivity index (χ3n) is 4.45. The highest BCUT2D eigenvalue weighted by molar-refractivity contribution is 5.75. The van der Waals surface area contributed by atoms with Gasteiger partial charge in [0.15, 0.2) is 0 Å². The molecule has 2 fully saturated rings. The number of amides is 2. The van der Waals surface area contributed by atoms with Crippen molar-refractivity contribution in [3.63, 3.8) is 0 Å². The molecule has 21 heavy (non-hydrogen) atoms. The van der Waals surface area contributed by atoms with Gasteiger partial charge in [0.25, 0.3) is 0 Å². The van der Waals surface area contributed by atoms with Gasteiger partial charge in [-0.25, -0.2) is 4.79 Å². The number of urea groups is 1. The molecule has 1 aromatic heterocycles. The molecule has 1 atom stereocenters. The smallest absolute Gasteiger partial charge is 0.317 e. The van der Waals surface area contributed by atoms with E-state index in [-0.39, 0.29) is 12.1 Å². The fourth-order valence-electron chi connectivity index (χ4n) is 3.19. The van der Waals surface area contributed by atoms with Crippen LogP contribution in [0.25, 0.3) is 0 Å². The summed E-state index contributed by atoms with van der Waals surface area (Å²) in [4.78, 5) is 20.5. The van der Waals surface area contributed by atoms with Crippen LogP contribution in [0.2, 0.25) is 0 Å². The van der Waals surface area contributed by atoms with Crippen LogP contribution in [0.1, 0.15) is 31.2 Å². The zero-order chi connectivity index (χ0) is 14.7. The Hall–Kier alpha value is -1.62. The van der Waals surface area contributed by atoms with E-state index >= 15 is 0 Å². The summed E-state index contributed by atoms with van der Waals surface area (Å²) in [5.74, 6) is 0.465. The Morgan fingerprint density at radius 1 is 1.33 bits per heavy atom. The molecule has 0 radical (unpaired) electrons. The number of nitrogens with zero attached hydrogens (tertiary/aromatic N) is 3. The van der Waals surface area contributed by atoms with Gasteiger partial charge < -0.3 is 15.1 Å². The van der Waals surface area contributed by atoms with E-state index < -0.39 is 0 Å². The van der Waals surface area contributed by atoms with Crippen LogP contribution in [0, 0.1) is 0 Å². The first-order valence-electron chi connectivity index (χ1n) is 7.90. The molecule has 2 amide bonds. The fraction of sp³-hybridized carbons (Fsp3) is 0.625. The Labute approximate surface area is 126 Å². The van der Waals surface area contributed by atoms with Gasteiger partial charge in [0.05, 0.1) is 0 Å². The summed E-state index contributed by atoms with van der Waals surface area (Å²) < 4.78 is 0. The summed E-state index contributed by atoms with van der Waals surface area (Å²) >= 11 is 0. The molecule has 5 heteroatoms. The van der Waals surface area contributed by atoms with Gasteiger partial charge in [0.1, 0.15) is 0 Å². The van der Waals surface area contributed by atoms with Crippen molar-refractivity contribution in [2.75, 3.05) is 32.7 Å². The Balaban J connectivity index is 1.41. The molecule has 2 aliphatic heterocycles. The second-order valence-electron chi connectivity index (χ2n) is 6.24. The summed E-state index contributed by atoms with van der Waals surface area (Å²) in [7, 11) is 0. The Kier molecular flexibility index (Phi) is 4.39. The van der Waals surface area contributed by atoms with Gasteiger partial charge in [-0.3, -0.25) is 4.98 Å². The van der Waals surface area contributed by atoms with Gasteiger partial charge >= 0.3 is 6.03 Å². The SMILES string of the molecule is CC(CN1CCCC1)NC(=O)N1CC(c2ccncc2)C1. The van der Waals surface area contributed by atoms with E-state index in [1.54, 1.807) is 0 Å². The third kappa shape index (κ3) is 3.53. The molecule has 2 saturated heterocycles. The van der Waals surface area contributed by atoms with E-state index in [0.717, 1.165) is 19.6 Å². The standard InChI is InChI=1S/C16H24N4O/c1-13(10-19-8-2-3-9-19)18-16(21)20-11-15(12-20)14-4-6-17-7-5-14/h4-7,13,15H,2-3,8-12H2,1H3,(H,18,21). The van der Waals surface area contributed by atoms with Crippen molar-refractivity contribution in [2.24, 2.45) is 0 Å². The maximum atomic E-state index is 12.2. The molecule has 1 N–H and O–H groups in total. The largest absolute Gasteiger partial charge is 0.334 e. The number of carbonyl (C=O) groups is 1. The third-order valence-corrected chi connectivity index (χ3v) is 4.45. The van der Waals surface area contributed by atoms with E-state index in [1.807, 2.05) is 29.4 Å². The van der Waals surface area contributed by atoms with E-state index in [2.05, 4.69) is 22.1 Å². The first-order valence-corrected chi connectivity index (χ1v) is 7.90. The summed E-state index contributed by atoms with van der Waals surface area (Å²) in [6, 6.07) is 4.37. The van der Waals surface area contributed by atoms with Gasteiger partial charge in [-0.2, -0.15) is 0 Å². The van der Waals surface area contributed by atoms with Gasteiger partial charge in [-0.05, 0) is 50.6 Å². The second kappa shape index (κ2) is 6.43. The Morgan fingerprint density at radius 3 is 2.67 bits per heavy atom. The van der Waals surface area contributed by atoms with Crippen LogP contribution in [0.5, 0.6) is 0 Å². The summed E-state index contributed by atoms with van der Waals surface area (Å²) in [5, 5.41) is 3.11. The van der Waals surface area contributed by atoms with Gasteiger partial charge in [-0.1, -0.05) is 0 Å². The molecule has 5 nitrogen and oxygen atoms in total. The summed E-state index contributed by atoms with van der Waals surface area (Å²) in [6.07, 6.45) is 6.22. The monoisotopic (exact) mass is 288 g/mol. The van der Waals surface area contributed by atoms with Crippen molar-refractivity contribution in [3.8, 4) is 0 Å². The summed E-state index contributed by atoms with van der Waals surface area (Å²) in [5.41, 5.74) is 1.28. The van der Waals surface area contributed by atoms with Crippen LogP contribution in [0.4, 0.5) is 4.79 Å². The van der Waals surface area contributed by atoms with Crippen LogP contribution in [0.3, 0.4) is 0 Å². The zero-order valence-electron chi connectivity index (χ0n) is 12.7. The van der Waals surface area contributed by atoms with E-state index in [9.17, 15) is 4.79 Å². The van der Waals surface area contributed by atoms with Crippen molar-refractivity contribution >= 4 is 6.03 Å². The lowest BCUT2D eigenvalue weighted by Gasteiger charge is -2.40. The molecule has 0 bridgehead atoms. The normalized spacial score (nSPS) is 21.1. The number of rotatable bonds is 4. The second-order valence-corrected chi connectivity index (χ2v) is 6.24. The lowest BCUT2D eigenvalue weighted by atomic mass is 9.93. The fourth-order valence-corrected chi connectivity index (χ4v) is 3.19. The molecule has 1 aromatic rings. The van der Waals surface area contributed by atoms with Crippen molar-refractivity contribution < 1.29 is 4.79 Å². The van der Waals surface area contributed by atoms with Crippen LogP contribution in [0.15, 0.2) is 24.5 Å². The predicted molar refractivity (Wildman–Crippen MR) is 82.2 cm³/mol. The van der Waals surface area contributed by atoms with Crippen molar-refractivity contribution in [1.29, 1.82) is 0 Å². The van der Waals surface area contributed by atoms with Crippen LogP contribution in [-0.2, 0) is 0 Å². The minimum Gasteiger partial charge on any atom is -0.334 e. The molecule has 0 aliphatic carbocycles. The van der Waals surface area contributed by atoms with E-state index in [0.29, 0.717) is 5.92 Å². The van der Waals surface area contributed by atoms with Gasteiger partial charge in [0.2, 0.25) is 0 Å². The molecular formula is C16H24N4O. The number of aromatic nitrogens is 1. The minimum atomic E-state index is 0.0759. The first-order chi connectivity index (χ1) is 10.2. The molecular weight excluding hydrogens is 264 g/mol. The number of pyridine rings is 1. The average molecular weight is 288 g/mol. The maximum Gasteiger partial charge on any atom is 0.317 e. The maximum absolute atomic E-state index is 12.2. The molecule has 114 valence electrons. The lowest BCUT2D eigenvalue weighted by Crippen LogP contribution is -2.55. The zero-order valence-corrected chi connectivity index (χ0v) is 12.7. The molecule has 1 unspecified atom stereocenters. The molecule has 2 aliphatic rings. The van der Waals surface area contributed by atoms with Crippen LogP contribution >= 0.6 is 0 Å². The highest BCUT2D eigenvalue weighted by Gasteiger charge is 2.32. The molecule has 0 saturated carbocycles. The number of likely N-dealkylation sites (tertiary alicyclic amines) is 2. The Bertz CT molecular complexity index is 466. The predicted octanol–water partition coefficient (Wildman–Crippen LogP) is 1.67. The number of nitrogens with one attached hydrogen (secondary N) is 1. The number of hydrogen-bond donors (Lipinski definition) is 1. The minimum absolute atomic E-state index is 0.0759.